The SMILES string of the molecule is CC(C)COC(C)(C)C(C)(C)C. The monoisotopic (exact) mass is 172 g/mol. The van der Waals surface area contributed by atoms with Crippen LogP contribution in [0.2, 0.25) is 0 Å². The molecule has 0 bridgehead atoms. The molecule has 0 amide bonds. The highest BCUT2D eigenvalue weighted by Crippen LogP contribution is 2.33. The maximum Gasteiger partial charge on any atom is 0.0674 e. The van der Waals surface area contributed by atoms with Gasteiger partial charge in [-0.3, -0.25) is 0 Å². The van der Waals surface area contributed by atoms with Gasteiger partial charge in [-0.2, -0.15) is 0 Å². The van der Waals surface area contributed by atoms with Crippen LogP contribution in [0.15, 0.2) is 0 Å². The Kier molecular flexibility index (Phi) is 3.77. The molecule has 0 aliphatic carbocycles. The van der Waals surface area contributed by atoms with Crippen molar-refractivity contribution in [2.75, 3.05) is 6.61 Å². The second kappa shape index (κ2) is 3.78. The van der Waals surface area contributed by atoms with E-state index in [-0.39, 0.29) is 11.0 Å². The standard InChI is InChI=1S/C11H24O/c1-9(2)8-12-11(6,7)10(3,4)5/h9H,8H2,1-7H3. The molecule has 74 valence electrons. The van der Waals surface area contributed by atoms with E-state index in [1.54, 1.807) is 0 Å². The summed E-state index contributed by atoms with van der Waals surface area (Å²) in [6, 6.07) is 0. The largest absolute Gasteiger partial charge is 0.375 e. The fourth-order valence-corrected chi connectivity index (χ4v) is 0.592. The zero-order valence-electron chi connectivity index (χ0n) is 9.69. The Morgan fingerprint density at radius 3 is 1.67 bits per heavy atom. The molecule has 0 aromatic heterocycles. The summed E-state index contributed by atoms with van der Waals surface area (Å²) in [5, 5.41) is 0. The first-order chi connectivity index (χ1) is 5.17. The third-order valence-electron chi connectivity index (χ3n) is 2.58. The quantitative estimate of drug-likeness (QED) is 0.633. The van der Waals surface area contributed by atoms with E-state index in [0.717, 1.165) is 6.61 Å². The summed E-state index contributed by atoms with van der Waals surface area (Å²) in [5.41, 5.74) is 0.180. The van der Waals surface area contributed by atoms with Crippen molar-refractivity contribution in [2.24, 2.45) is 11.3 Å². The van der Waals surface area contributed by atoms with Crippen molar-refractivity contribution in [3.63, 3.8) is 0 Å². The van der Waals surface area contributed by atoms with E-state index < -0.39 is 0 Å². The molecule has 0 aromatic rings. The van der Waals surface area contributed by atoms with Gasteiger partial charge in [-0.1, -0.05) is 34.6 Å². The summed E-state index contributed by atoms with van der Waals surface area (Å²) in [4.78, 5) is 0. The summed E-state index contributed by atoms with van der Waals surface area (Å²) in [5.74, 6) is 0.617. The molecular weight excluding hydrogens is 148 g/mol. The molecule has 12 heavy (non-hydrogen) atoms. The van der Waals surface area contributed by atoms with Crippen LogP contribution in [-0.4, -0.2) is 12.2 Å². The second-order valence-corrected chi connectivity index (χ2v) is 5.47. The maximum atomic E-state index is 5.86. The fourth-order valence-electron chi connectivity index (χ4n) is 0.592. The van der Waals surface area contributed by atoms with E-state index in [1.807, 2.05) is 0 Å². The number of ether oxygens (including phenoxy) is 1. The molecule has 0 aliphatic heterocycles. The topological polar surface area (TPSA) is 9.23 Å². The first-order valence-electron chi connectivity index (χ1n) is 4.81. The highest BCUT2D eigenvalue weighted by Gasteiger charge is 2.33. The third kappa shape index (κ3) is 3.57. The van der Waals surface area contributed by atoms with Gasteiger partial charge >= 0.3 is 0 Å². The van der Waals surface area contributed by atoms with Crippen LogP contribution in [0.4, 0.5) is 0 Å². The van der Waals surface area contributed by atoms with E-state index >= 15 is 0 Å². The summed E-state index contributed by atoms with van der Waals surface area (Å²) in [6.07, 6.45) is 0. The van der Waals surface area contributed by atoms with Crippen molar-refractivity contribution in [2.45, 2.75) is 54.1 Å². The zero-order chi connectivity index (χ0) is 9.99. The Balaban J connectivity index is 4.05. The van der Waals surface area contributed by atoms with E-state index in [1.165, 1.54) is 0 Å². The first kappa shape index (κ1) is 12.0. The van der Waals surface area contributed by atoms with Crippen molar-refractivity contribution < 1.29 is 4.74 Å². The van der Waals surface area contributed by atoms with Crippen molar-refractivity contribution in [3.05, 3.63) is 0 Å². The van der Waals surface area contributed by atoms with Crippen LogP contribution < -0.4 is 0 Å². The van der Waals surface area contributed by atoms with Crippen LogP contribution in [0, 0.1) is 11.3 Å². The lowest BCUT2D eigenvalue weighted by Crippen LogP contribution is -2.40. The molecule has 0 saturated carbocycles. The molecular formula is C11H24O. The highest BCUT2D eigenvalue weighted by atomic mass is 16.5. The van der Waals surface area contributed by atoms with Gasteiger partial charge in [0.15, 0.2) is 0 Å². The van der Waals surface area contributed by atoms with E-state index in [9.17, 15) is 0 Å². The van der Waals surface area contributed by atoms with Gasteiger partial charge in [-0.25, -0.2) is 0 Å². The Hall–Kier alpha value is -0.0400. The van der Waals surface area contributed by atoms with Gasteiger partial charge in [-0.05, 0) is 25.2 Å². The van der Waals surface area contributed by atoms with Crippen molar-refractivity contribution in [3.8, 4) is 0 Å². The van der Waals surface area contributed by atoms with Gasteiger partial charge in [0, 0.05) is 6.61 Å². The van der Waals surface area contributed by atoms with Crippen LogP contribution in [0.5, 0.6) is 0 Å². The molecule has 1 nitrogen and oxygen atoms in total. The second-order valence-electron chi connectivity index (χ2n) is 5.47. The Labute approximate surface area is 77.5 Å². The van der Waals surface area contributed by atoms with Crippen molar-refractivity contribution in [1.29, 1.82) is 0 Å². The van der Waals surface area contributed by atoms with Gasteiger partial charge in [0.1, 0.15) is 0 Å². The molecule has 0 fully saturated rings. The minimum Gasteiger partial charge on any atom is -0.375 e. The van der Waals surface area contributed by atoms with Gasteiger partial charge in [-0.15, -0.1) is 0 Å². The van der Waals surface area contributed by atoms with Crippen LogP contribution in [0.25, 0.3) is 0 Å². The van der Waals surface area contributed by atoms with Crippen molar-refractivity contribution in [1.82, 2.24) is 0 Å². The molecule has 0 atom stereocenters. The Morgan fingerprint density at radius 2 is 1.42 bits per heavy atom. The molecule has 0 heterocycles. The fraction of sp³-hybridized carbons (Fsp3) is 1.00. The van der Waals surface area contributed by atoms with Crippen LogP contribution in [0.3, 0.4) is 0 Å². The number of rotatable bonds is 3. The van der Waals surface area contributed by atoms with E-state index in [4.69, 9.17) is 4.74 Å². The summed E-state index contributed by atoms with van der Waals surface area (Å²) in [7, 11) is 0. The normalized spacial score (nSPS) is 14.0. The van der Waals surface area contributed by atoms with Gasteiger partial charge in [0.25, 0.3) is 0 Å². The minimum atomic E-state index is -0.0305. The molecule has 0 spiro atoms. The zero-order valence-corrected chi connectivity index (χ0v) is 9.69. The predicted octanol–water partition coefficient (Wildman–Crippen LogP) is 3.48. The van der Waals surface area contributed by atoms with E-state index in [0.29, 0.717) is 5.92 Å². The predicted molar refractivity (Wildman–Crippen MR) is 54.3 cm³/mol. The highest BCUT2D eigenvalue weighted by molar-refractivity contribution is 4.83. The van der Waals surface area contributed by atoms with Gasteiger partial charge in [0.2, 0.25) is 0 Å². The third-order valence-corrected chi connectivity index (χ3v) is 2.58. The Bertz CT molecular complexity index is 128. The number of hydrogen-bond donors (Lipinski definition) is 0. The number of hydrogen-bond acceptors (Lipinski definition) is 1. The lowest BCUT2D eigenvalue weighted by molar-refractivity contribution is -0.0987. The van der Waals surface area contributed by atoms with Crippen molar-refractivity contribution >= 4 is 0 Å². The van der Waals surface area contributed by atoms with E-state index in [2.05, 4.69) is 48.5 Å². The Morgan fingerprint density at radius 1 is 1.00 bits per heavy atom. The minimum absolute atomic E-state index is 0.0305. The summed E-state index contributed by atoms with van der Waals surface area (Å²) >= 11 is 0. The molecule has 0 aliphatic rings. The van der Waals surface area contributed by atoms with Crippen LogP contribution >= 0.6 is 0 Å². The van der Waals surface area contributed by atoms with Gasteiger partial charge in [0.05, 0.1) is 5.60 Å². The average Bonchev–Trinajstić information content (AvgIpc) is 1.81. The molecule has 1 heteroatoms. The summed E-state index contributed by atoms with van der Waals surface area (Å²) < 4.78 is 5.86. The molecule has 0 N–H and O–H groups in total. The first-order valence-corrected chi connectivity index (χ1v) is 4.81. The lowest BCUT2D eigenvalue weighted by atomic mass is 9.79. The van der Waals surface area contributed by atoms with Crippen LogP contribution in [0.1, 0.15) is 48.5 Å². The smallest absolute Gasteiger partial charge is 0.0674 e. The summed E-state index contributed by atoms with van der Waals surface area (Å²) in [6.45, 7) is 16.2. The van der Waals surface area contributed by atoms with Crippen LogP contribution in [-0.2, 0) is 4.74 Å². The average molecular weight is 172 g/mol. The molecule has 0 rings (SSSR count). The molecule has 0 unspecified atom stereocenters. The van der Waals surface area contributed by atoms with Gasteiger partial charge < -0.3 is 4.74 Å². The maximum absolute atomic E-state index is 5.86. The molecule has 0 saturated heterocycles. The molecule has 0 aromatic carbocycles. The lowest BCUT2D eigenvalue weighted by Gasteiger charge is -2.39. The molecule has 0 radical (unpaired) electrons.